The highest BCUT2D eigenvalue weighted by atomic mass is 32.2. The third-order valence-electron chi connectivity index (χ3n) is 1.82. The zero-order valence-electron chi connectivity index (χ0n) is 9.14. The van der Waals surface area contributed by atoms with Gasteiger partial charge in [-0.05, 0) is 13.0 Å². The second-order valence-corrected chi connectivity index (χ2v) is 4.32. The van der Waals surface area contributed by atoms with Crippen LogP contribution in [0.4, 0.5) is 0 Å². The van der Waals surface area contributed by atoms with Crippen LogP contribution in [0.1, 0.15) is 6.92 Å². The number of methoxy groups -OCH3 is 1. The zero-order valence-corrected chi connectivity index (χ0v) is 9.96. The molecule has 1 atom stereocenters. The first-order valence-electron chi connectivity index (χ1n) is 4.94. The SMILES string of the molecule is COCC(C)NCCSc1ccncn1. The van der Waals surface area contributed by atoms with Crippen LogP contribution in [-0.2, 0) is 4.74 Å². The Labute approximate surface area is 94.8 Å². The first-order valence-corrected chi connectivity index (χ1v) is 5.92. The van der Waals surface area contributed by atoms with Gasteiger partial charge in [0.15, 0.2) is 0 Å². The normalized spacial score (nSPS) is 12.7. The van der Waals surface area contributed by atoms with Gasteiger partial charge < -0.3 is 10.1 Å². The Hall–Kier alpha value is -0.650. The summed E-state index contributed by atoms with van der Waals surface area (Å²) in [5.74, 6) is 1.01. The molecular formula is C10H17N3OS. The average molecular weight is 227 g/mol. The first-order chi connectivity index (χ1) is 7.33. The van der Waals surface area contributed by atoms with Crippen molar-refractivity contribution >= 4 is 11.8 Å². The van der Waals surface area contributed by atoms with Gasteiger partial charge in [-0.1, -0.05) is 0 Å². The van der Waals surface area contributed by atoms with Crippen molar-refractivity contribution in [3.8, 4) is 0 Å². The third-order valence-corrected chi connectivity index (χ3v) is 2.76. The van der Waals surface area contributed by atoms with Crippen LogP contribution in [0.3, 0.4) is 0 Å². The lowest BCUT2D eigenvalue weighted by atomic mass is 10.4. The van der Waals surface area contributed by atoms with E-state index in [0.29, 0.717) is 6.04 Å². The lowest BCUT2D eigenvalue weighted by Crippen LogP contribution is -2.31. The number of ether oxygens (including phenoxy) is 1. The van der Waals surface area contributed by atoms with Gasteiger partial charge in [0, 0.05) is 31.6 Å². The van der Waals surface area contributed by atoms with Gasteiger partial charge in [0.2, 0.25) is 0 Å². The predicted molar refractivity (Wildman–Crippen MR) is 62.1 cm³/mol. The molecular weight excluding hydrogens is 210 g/mol. The van der Waals surface area contributed by atoms with Crippen LogP contribution >= 0.6 is 11.8 Å². The van der Waals surface area contributed by atoms with E-state index in [2.05, 4.69) is 22.2 Å². The van der Waals surface area contributed by atoms with E-state index in [1.165, 1.54) is 0 Å². The summed E-state index contributed by atoms with van der Waals surface area (Å²) in [7, 11) is 1.72. The molecule has 0 spiro atoms. The molecule has 5 heteroatoms. The molecule has 84 valence electrons. The maximum absolute atomic E-state index is 5.03. The number of hydrogen-bond donors (Lipinski definition) is 1. The molecule has 0 saturated heterocycles. The minimum absolute atomic E-state index is 0.404. The summed E-state index contributed by atoms with van der Waals surface area (Å²) in [4.78, 5) is 8.00. The molecule has 1 unspecified atom stereocenters. The van der Waals surface area contributed by atoms with Crippen LogP contribution in [-0.4, -0.2) is 42.0 Å². The Kier molecular flexibility index (Phi) is 6.31. The van der Waals surface area contributed by atoms with Crippen LogP contribution in [0.15, 0.2) is 23.6 Å². The van der Waals surface area contributed by atoms with Crippen molar-refractivity contribution in [3.63, 3.8) is 0 Å². The van der Waals surface area contributed by atoms with Gasteiger partial charge in [0.05, 0.1) is 11.6 Å². The number of nitrogens with one attached hydrogen (secondary N) is 1. The summed E-state index contributed by atoms with van der Waals surface area (Å²) in [6, 6.07) is 2.32. The van der Waals surface area contributed by atoms with Crippen molar-refractivity contribution in [1.29, 1.82) is 0 Å². The van der Waals surface area contributed by atoms with Crippen molar-refractivity contribution < 1.29 is 4.74 Å². The van der Waals surface area contributed by atoms with E-state index in [1.54, 1.807) is 31.4 Å². The van der Waals surface area contributed by atoms with Gasteiger partial charge in [-0.25, -0.2) is 9.97 Å². The van der Waals surface area contributed by atoms with Gasteiger partial charge >= 0.3 is 0 Å². The molecule has 0 aliphatic heterocycles. The van der Waals surface area contributed by atoms with E-state index >= 15 is 0 Å². The molecule has 0 bridgehead atoms. The third kappa shape index (κ3) is 5.71. The van der Waals surface area contributed by atoms with Crippen LogP contribution < -0.4 is 5.32 Å². The molecule has 1 aromatic heterocycles. The molecule has 0 radical (unpaired) electrons. The van der Waals surface area contributed by atoms with Gasteiger partial charge in [-0.2, -0.15) is 0 Å². The maximum atomic E-state index is 5.03. The van der Waals surface area contributed by atoms with Gasteiger partial charge in [0.25, 0.3) is 0 Å². The Morgan fingerprint density at radius 2 is 2.47 bits per heavy atom. The molecule has 0 amide bonds. The molecule has 0 aromatic carbocycles. The smallest absolute Gasteiger partial charge is 0.116 e. The van der Waals surface area contributed by atoms with Crippen LogP contribution in [0.5, 0.6) is 0 Å². The Morgan fingerprint density at radius 3 is 3.13 bits per heavy atom. The summed E-state index contributed by atoms with van der Waals surface area (Å²) in [5, 5.41) is 4.38. The fourth-order valence-electron chi connectivity index (χ4n) is 1.13. The molecule has 15 heavy (non-hydrogen) atoms. The Morgan fingerprint density at radius 1 is 1.60 bits per heavy atom. The molecule has 1 aromatic rings. The van der Waals surface area contributed by atoms with E-state index in [-0.39, 0.29) is 0 Å². The summed E-state index contributed by atoms with van der Waals surface area (Å²) in [6.45, 7) is 3.82. The molecule has 1 heterocycles. The lowest BCUT2D eigenvalue weighted by Gasteiger charge is -2.11. The summed E-state index contributed by atoms with van der Waals surface area (Å²) < 4.78 is 5.03. The van der Waals surface area contributed by atoms with Gasteiger partial charge in [0.1, 0.15) is 6.33 Å². The fourth-order valence-corrected chi connectivity index (χ4v) is 1.84. The highest BCUT2D eigenvalue weighted by Gasteiger charge is 1.99. The number of aromatic nitrogens is 2. The Bertz CT molecular complexity index is 258. The molecule has 4 nitrogen and oxygen atoms in total. The van der Waals surface area contributed by atoms with Crippen molar-refractivity contribution in [2.45, 2.75) is 18.0 Å². The molecule has 1 rings (SSSR count). The van der Waals surface area contributed by atoms with E-state index < -0.39 is 0 Å². The fraction of sp³-hybridized carbons (Fsp3) is 0.600. The number of rotatable bonds is 7. The number of nitrogens with zero attached hydrogens (tertiary/aromatic N) is 2. The van der Waals surface area contributed by atoms with E-state index in [9.17, 15) is 0 Å². The van der Waals surface area contributed by atoms with Crippen LogP contribution in [0.25, 0.3) is 0 Å². The monoisotopic (exact) mass is 227 g/mol. The quantitative estimate of drug-likeness (QED) is 0.431. The second kappa shape index (κ2) is 7.62. The minimum atomic E-state index is 0.404. The molecule has 0 fully saturated rings. The molecule has 0 saturated carbocycles. The number of thioether (sulfide) groups is 1. The van der Waals surface area contributed by atoms with Crippen molar-refractivity contribution in [3.05, 3.63) is 18.6 Å². The summed E-state index contributed by atoms with van der Waals surface area (Å²) in [5.41, 5.74) is 0. The summed E-state index contributed by atoms with van der Waals surface area (Å²) >= 11 is 1.73. The average Bonchev–Trinajstić information content (AvgIpc) is 2.26. The molecule has 0 aliphatic rings. The van der Waals surface area contributed by atoms with E-state index in [0.717, 1.165) is 23.9 Å². The van der Waals surface area contributed by atoms with Gasteiger partial charge in [-0.3, -0.25) is 0 Å². The van der Waals surface area contributed by atoms with Crippen molar-refractivity contribution in [2.75, 3.05) is 26.0 Å². The van der Waals surface area contributed by atoms with Crippen molar-refractivity contribution in [1.82, 2.24) is 15.3 Å². The predicted octanol–water partition coefficient (Wildman–Crippen LogP) is 1.19. The minimum Gasteiger partial charge on any atom is -0.383 e. The van der Waals surface area contributed by atoms with E-state index in [4.69, 9.17) is 4.74 Å². The van der Waals surface area contributed by atoms with E-state index in [1.807, 2.05) is 6.07 Å². The molecule has 1 N–H and O–H groups in total. The zero-order chi connectivity index (χ0) is 10.9. The lowest BCUT2D eigenvalue weighted by molar-refractivity contribution is 0.173. The van der Waals surface area contributed by atoms with Crippen LogP contribution in [0.2, 0.25) is 0 Å². The largest absolute Gasteiger partial charge is 0.383 e. The molecule has 0 aliphatic carbocycles. The van der Waals surface area contributed by atoms with Crippen molar-refractivity contribution in [2.24, 2.45) is 0 Å². The first kappa shape index (κ1) is 12.4. The topological polar surface area (TPSA) is 47.0 Å². The standard InChI is InChI=1S/C10H17N3OS/c1-9(7-14-2)12-5-6-15-10-3-4-11-8-13-10/h3-4,8-9,12H,5-7H2,1-2H3. The second-order valence-electron chi connectivity index (χ2n) is 3.21. The highest BCUT2D eigenvalue weighted by Crippen LogP contribution is 2.11. The van der Waals surface area contributed by atoms with Gasteiger partial charge in [-0.15, -0.1) is 11.8 Å². The maximum Gasteiger partial charge on any atom is 0.116 e. The summed E-state index contributed by atoms with van der Waals surface area (Å²) in [6.07, 6.45) is 3.33. The Balaban J connectivity index is 2.07. The highest BCUT2D eigenvalue weighted by molar-refractivity contribution is 7.99. The number of hydrogen-bond acceptors (Lipinski definition) is 5. The van der Waals surface area contributed by atoms with Crippen LogP contribution in [0, 0.1) is 0 Å².